The summed E-state index contributed by atoms with van der Waals surface area (Å²) in [6.07, 6.45) is -9.12. The third kappa shape index (κ3) is 16.4. The van der Waals surface area contributed by atoms with Gasteiger partial charge in [0.25, 0.3) is 16.7 Å². The van der Waals surface area contributed by atoms with Crippen LogP contribution in [0.5, 0.6) is 51.7 Å². The second kappa shape index (κ2) is 33.1. The van der Waals surface area contributed by atoms with E-state index in [0.29, 0.717) is 95.6 Å². The average Bonchev–Trinajstić information content (AvgIpc) is 0.744. The minimum Gasteiger partial charge on any atom is -0.505 e. The zero-order chi connectivity index (χ0) is 81.2. The monoisotopic (exact) mass is 1680 g/mol. The summed E-state index contributed by atoms with van der Waals surface area (Å²) in [7, 11) is 9.10. The Morgan fingerprint density at radius 1 is 0.351 bits per heavy atom. The van der Waals surface area contributed by atoms with Gasteiger partial charge in [0.15, 0.2) is 34.0 Å². The van der Waals surface area contributed by atoms with Gasteiger partial charge in [0, 0.05) is 53.5 Å². The molecule has 0 unspecified atom stereocenters. The van der Waals surface area contributed by atoms with Crippen molar-refractivity contribution < 1.29 is 83.3 Å². The Bertz CT molecular complexity index is 6690. The molecule has 0 radical (unpaired) electrons. The van der Waals surface area contributed by atoms with Crippen LogP contribution in [0.1, 0.15) is 27.8 Å². The summed E-state index contributed by atoms with van der Waals surface area (Å²) in [5, 5.41) is 34.2. The van der Waals surface area contributed by atoms with Crippen molar-refractivity contribution in [2.75, 3.05) is 42.7 Å². The van der Waals surface area contributed by atoms with Crippen molar-refractivity contribution in [2.24, 2.45) is 0 Å². The molecule has 21 nitrogen and oxygen atoms in total. The minimum atomic E-state index is -4.60. The lowest BCUT2D eigenvalue weighted by molar-refractivity contribution is -0.138. The highest BCUT2D eigenvalue weighted by Gasteiger charge is 2.33. The molecule has 0 aliphatic carbocycles. The molecule has 15 rings (SSSR count). The Kier molecular flexibility index (Phi) is 23.1. The Hall–Kier alpha value is -12.5. The maximum Gasteiger partial charge on any atom is 0.416 e. The molecule has 9 aromatic carbocycles. The van der Waals surface area contributed by atoms with Gasteiger partial charge in [-0.05, 0) is 150 Å². The fraction of sp³-hybridized carbons (Fsp3) is 0.133. The quantitative estimate of drug-likeness (QED) is 0.0532. The second-order valence-corrected chi connectivity index (χ2v) is 29.2. The summed E-state index contributed by atoms with van der Waals surface area (Å²) in [6, 6.07) is 52.0. The Morgan fingerprint density at radius 3 is 0.982 bits per heavy atom. The predicted molar refractivity (Wildman–Crippen MR) is 423 cm³/mol. The molecule has 0 fully saturated rings. The first kappa shape index (κ1) is 79.6. The number of hydrogen-bond donors (Lipinski definition) is 3. The maximum atomic E-state index is 13.8. The number of methoxy groups -OCH3 is 6. The van der Waals surface area contributed by atoms with E-state index >= 15 is 0 Å². The van der Waals surface area contributed by atoms with Gasteiger partial charge in [-0.2, -0.15) is 26.3 Å². The van der Waals surface area contributed by atoms with Gasteiger partial charge in [0.2, 0.25) is 0 Å². The van der Waals surface area contributed by atoms with Gasteiger partial charge in [-0.1, -0.05) is 99.7 Å². The SMILES string of the molecule is COc1cccc(Cn2c(=O)c3c(O)c(Sc4ccc(C(F)(F)F)cc4)c(=O)oc3c3ccc(OC)cc32)c1.COc1cccc(Cn2c(=O)c3c(O)c(Sc4cccc(Br)c4)c(=O)oc3c3ccc(OC)cc32)c1.COc1cccc(Cn2c(=O)c3c(O)c(Sc4cccc(C(F)(F)F)c4)c(=O)oc3c3ccc(OC)cc32)c1. The van der Waals surface area contributed by atoms with Gasteiger partial charge in [-0.3, -0.25) is 14.4 Å². The van der Waals surface area contributed by atoms with Gasteiger partial charge < -0.3 is 70.7 Å². The Balaban J connectivity index is 0.000000149. The zero-order valence-electron chi connectivity index (χ0n) is 60.4. The minimum absolute atomic E-state index is 0.0284. The molecule has 0 aliphatic rings. The van der Waals surface area contributed by atoms with Crippen LogP contribution in [0.25, 0.3) is 65.6 Å². The highest BCUT2D eigenvalue weighted by molar-refractivity contribution is 9.10. The summed E-state index contributed by atoms with van der Waals surface area (Å²) < 4.78 is 132. The van der Waals surface area contributed by atoms with Crippen molar-refractivity contribution >= 4 is 117 Å². The van der Waals surface area contributed by atoms with Gasteiger partial charge in [0.05, 0.1) is 90.0 Å². The molecule has 0 atom stereocenters. The van der Waals surface area contributed by atoms with Crippen LogP contribution in [0.15, 0.2) is 276 Å². The molecule has 6 heterocycles. The molecule has 582 valence electrons. The third-order valence-electron chi connectivity index (χ3n) is 18.0. The molecule has 0 saturated heterocycles. The first-order chi connectivity index (χ1) is 54.6. The number of pyridine rings is 3. The Morgan fingerprint density at radius 2 is 0.658 bits per heavy atom. The molecule has 15 aromatic rings. The fourth-order valence-corrected chi connectivity index (χ4v) is 15.7. The topological polar surface area (TPSA) is 273 Å². The number of nitrogens with zero attached hydrogens (tertiary/aromatic N) is 3. The highest BCUT2D eigenvalue weighted by atomic mass is 79.9. The number of hydrogen-bond acceptors (Lipinski definition) is 21. The zero-order valence-corrected chi connectivity index (χ0v) is 64.4. The number of aromatic nitrogens is 3. The van der Waals surface area contributed by atoms with Gasteiger partial charge in [-0.15, -0.1) is 0 Å². The van der Waals surface area contributed by atoms with E-state index in [1.165, 1.54) is 73.5 Å². The first-order valence-corrected chi connectivity index (χ1v) is 37.1. The van der Waals surface area contributed by atoms with Crippen LogP contribution in [0.3, 0.4) is 0 Å². The molecule has 0 aliphatic heterocycles. The first-order valence-electron chi connectivity index (χ1n) is 33.8. The number of benzene rings is 9. The lowest BCUT2D eigenvalue weighted by Gasteiger charge is -2.15. The second-order valence-electron chi connectivity index (χ2n) is 25.0. The molecule has 0 bridgehead atoms. The van der Waals surface area contributed by atoms with Crippen LogP contribution in [0, 0.1) is 0 Å². The van der Waals surface area contributed by atoms with Crippen molar-refractivity contribution in [3.8, 4) is 51.7 Å². The molecular formula is C83H60BrF6N3O18S3. The predicted octanol–water partition coefficient (Wildman–Crippen LogP) is 17.9. The molecule has 0 spiro atoms. The van der Waals surface area contributed by atoms with Crippen molar-refractivity contribution in [3.63, 3.8) is 0 Å². The molecule has 0 amide bonds. The molecule has 6 aromatic heterocycles. The van der Waals surface area contributed by atoms with Crippen LogP contribution in [0.2, 0.25) is 0 Å². The number of halogens is 7. The van der Waals surface area contributed by atoms with Crippen molar-refractivity contribution in [1.29, 1.82) is 0 Å². The van der Waals surface area contributed by atoms with E-state index in [1.807, 2.05) is 48.5 Å². The maximum absolute atomic E-state index is 13.8. The van der Waals surface area contributed by atoms with Crippen LogP contribution >= 0.6 is 51.2 Å². The molecule has 31 heteroatoms. The van der Waals surface area contributed by atoms with E-state index in [1.54, 1.807) is 110 Å². The number of alkyl halides is 6. The summed E-state index contributed by atoms with van der Waals surface area (Å²) >= 11 is 5.72. The van der Waals surface area contributed by atoms with Gasteiger partial charge in [-0.25, -0.2) is 14.4 Å². The lowest BCUT2D eigenvalue weighted by atomic mass is 10.1. The summed E-state index contributed by atoms with van der Waals surface area (Å²) in [4.78, 5) is 80.6. The fourth-order valence-electron chi connectivity index (χ4n) is 12.5. The Labute approximate surface area is 660 Å². The van der Waals surface area contributed by atoms with Crippen LogP contribution in [0.4, 0.5) is 26.3 Å². The average molecular weight is 1680 g/mol. The van der Waals surface area contributed by atoms with Crippen LogP contribution < -0.4 is 62.0 Å². The summed E-state index contributed by atoms with van der Waals surface area (Å²) in [5.41, 5.74) is -2.90. The highest BCUT2D eigenvalue weighted by Crippen LogP contribution is 2.44. The van der Waals surface area contributed by atoms with Crippen LogP contribution in [-0.4, -0.2) is 71.7 Å². The summed E-state index contributed by atoms with van der Waals surface area (Å²) in [6.45, 7) is 0.363. The van der Waals surface area contributed by atoms with Crippen molar-refractivity contribution in [1.82, 2.24) is 13.7 Å². The standard InChI is InChI=1S/2C28H20F3NO6S.C27H20BrNO6S/c1-36-17-7-3-5-15(11-17)14-32-21-13-18(37-2)9-10-20(21)24-22(26(32)34)23(33)25(27(35)38-24)39-19-8-4-6-16(12-19)28(29,30)31;1-36-17-5-3-4-15(12-17)14-32-21-13-18(37-2)8-11-20(21)24-22(26(32)34)23(33)25(27(35)38-24)39-19-9-6-16(7-10-19)28(29,30)31;1-33-17-7-3-5-15(11-17)14-29-21-13-18(34-2)9-10-20(21)24-22(26(29)31)23(30)25(27(32)35-24)36-19-8-4-6-16(28)12-19/h2*3-13,33H,14H2,1-2H3;3-13,30H,14H2,1-2H3. The van der Waals surface area contributed by atoms with E-state index < -0.39 is 79.2 Å². The van der Waals surface area contributed by atoms with E-state index in [-0.39, 0.29) is 72.1 Å². The smallest absolute Gasteiger partial charge is 0.416 e. The van der Waals surface area contributed by atoms with Crippen molar-refractivity contribution in [3.05, 3.63) is 295 Å². The molecular weight excluding hydrogens is 1620 g/mol. The molecule has 114 heavy (non-hydrogen) atoms. The lowest BCUT2D eigenvalue weighted by Crippen LogP contribution is -2.23. The molecule has 0 saturated carbocycles. The van der Waals surface area contributed by atoms with Crippen LogP contribution in [-0.2, 0) is 32.0 Å². The van der Waals surface area contributed by atoms with Crippen molar-refractivity contribution in [2.45, 2.75) is 61.4 Å². The van der Waals surface area contributed by atoms with E-state index in [9.17, 15) is 70.4 Å². The number of rotatable bonds is 18. The number of aromatic hydroxyl groups is 3. The van der Waals surface area contributed by atoms with E-state index in [4.69, 9.17) is 41.7 Å². The van der Waals surface area contributed by atoms with E-state index in [2.05, 4.69) is 15.9 Å². The largest absolute Gasteiger partial charge is 0.505 e. The normalized spacial score (nSPS) is 11.6. The number of ether oxygens (including phenoxy) is 6. The van der Waals surface area contributed by atoms with Gasteiger partial charge >= 0.3 is 29.2 Å². The van der Waals surface area contributed by atoms with Gasteiger partial charge in [0.1, 0.15) is 65.3 Å². The van der Waals surface area contributed by atoms with E-state index in [0.717, 1.165) is 57.2 Å². The third-order valence-corrected chi connectivity index (χ3v) is 21.7. The molecule has 3 N–H and O–H groups in total. The summed E-state index contributed by atoms with van der Waals surface area (Å²) in [5.74, 6) is 1.57. The number of fused-ring (bicyclic) bond motifs is 9.